The van der Waals surface area contributed by atoms with Gasteiger partial charge in [0.15, 0.2) is 5.17 Å². The van der Waals surface area contributed by atoms with Gasteiger partial charge in [0, 0.05) is 18.8 Å². The Morgan fingerprint density at radius 1 is 1.05 bits per heavy atom. The second kappa shape index (κ2) is 13.6. The van der Waals surface area contributed by atoms with Crippen molar-refractivity contribution in [3.05, 3.63) is 93.7 Å². The number of allylic oxidation sites excluding steroid dienone is 1. The van der Waals surface area contributed by atoms with Gasteiger partial charge in [-0.2, -0.15) is 0 Å². The summed E-state index contributed by atoms with van der Waals surface area (Å²) in [6.07, 6.45) is 1.61. The number of carbonyl (C=O) groups excluding carboxylic acids is 3. The first kappa shape index (κ1) is 30.6. The Bertz CT molecular complexity index is 1450. The number of piperidine rings is 1. The number of amides is 1. The van der Waals surface area contributed by atoms with Crippen LogP contribution in [0.4, 0.5) is 0 Å². The van der Waals surface area contributed by atoms with Gasteiger partial charge in [-0.25, -0.2) is 9.79 Å². The van der Waals surface area contributed by atoms with Crippen LogP contribution < -0.4 is 0 Å². The smallest absolute Gasteiger partial charge is 0.338 e. The average molecular weight is 602 g/mol. The van der Waals surface area contributed by atoms with Crippen molar-refractivity contribution >= 4 is 34.8 Å². The molecular weight excluding hydrogens is 562 g/mol. The van der Waals surface area contributed by atoms with Crippen LogP contribution >= 0.6 is 11.8 Å². The molecule has 2 atom stereocenters. The van der Waals surface area contributed by atoms with E-state index in [0.717, 1.165) is 34.8 Å². The van der Waals surface area contributed by atoms with Gasteiger partial charge in [0.2, 0.25) is 5.91 Å². The summed E-state index contributed by atoms with van der Waals surface area (Å²) in [6.45, 7) is 9.36. The summed E-state index contributed by atoms with van der Waals surface area (Å²) in [5.74, 6) is -0.678. The van der Waals surface area contributed by atoms with Crippen LogP contribution in [0.25, 0.3) is 0 Å². The Morgan fingerprint density at radius 2 is 1.79 bits per heavy atom. The number of hydrogen-bond acceptors (Lipinski definition) is 8. The molecule has 9 heteroatoms. The van der Waals surface area contributed by atoms with Gasteiger partial charge in [0.25, 0.3) is 0 Å². The Labute approximate surface area is 257 Å². The average Bonchev–Trinajstić information content (AvgIpc) is 3.41. The van der Waals surface area contributed by atoms with Gasteiger partial charge in [0.1, 0.15) is 6.61 Å². The highest BCUT2D eigenvalue weighted by Crippen LogP contribution is 2.45. The molecule has 3 aliphatic heterocycles. The van der Waals surface area contributed by atoms with Gasteiger partial charge in [0.05, 0.1) is 36.3 Å². The Morgan fingerprint density at radius 3 is 2.49 bits per heavy atom. The molecule has 1 saturated heterocycles. The fraction of sp³-hybridized carbons (Fsp3) is 0.412. The maximum atomic E-state index is 13.7. The molecule has 5 rings (SSSR count). The summed E-state index contributed by atoms with van der Waals surface area (Å²) >= 11 is 1.45. The number of benzene rings is 2. The maximum Gasteiger partial charge on any atom is 0.338 e. The van der Waals surface area contributed by atoms with Gasteiger partial charge >= 0.3 is 11.9 Å². The van der Waals surface area contributed by atoms with Crippen molar-refractivity contribution in [3.8, 4) is 0 Å². The molecule has 0 aliphatic carbocycles. The van der Waals surface area contributed by atoms with Gasteiger partial charge in [-0.1, -0.05) is 80.2 Å². The number of likely N-dealkylation sites (tertiary alicyclic amines) is 1. The van der Waals surface area contributed by atoms with Gasteiger partial charge < -0.3 is 19.3 Å². The number of fused-ring (bicyclic) bond motifs is 1. The zero-order valence-electron chi connectivity index (χ0n) is 25.2. The Balaban J connectivity index is 1.41. The van der Waals surface area contributed by atoms with Crippen molar-refractivity contribution in [2.24, 2.45) is 10.9 Å². The molecule has 0 unspecified atom stereocenters. The van der Waals surface area contributed by atoms with Crippen molar-refractivity contribution in [2.75, 3.05) is 19.7 Å². The van der Waals surface area contributed by atoms with Crippen LogP contribution in [-0.2, 0) is 30.5 Å². The molecule has 226 valence electrons. The molecule has 0 saturated carbocycles. The lowest BCUT2D eigenvalue weighted by molar-refractivity contribution is -0.151. The van der Waals surface area contributed by atoms with Gasteiger partial charge in [-0.05, 0) is 54.7 Å². The largest absolute Gasteiger partial charge is 0.466 e. The number of esters is 2. The van der Waals surface area contributed by atoms with E-state index in [2.05, 4.69) is 38.1 Å². The van der Waals surface area contributed by atoms with E-state index < -0.39 is 12.0 Å². The number of nitrogens with zero attached hydrogens (tertiary/aromatic N) is 3. The number of hydrogen-bond donors (Lipinski definition) is 0. The molecule has 43 heavy (non-hydrogen) atoms. The summed E-state index contributed by atoms with van der Waals surface area (Å²) in [5.41, 5.74) is 4.85. The lowest BCUT2D eigenvalue weighted by Crippen LogP contribution is -2.44. The number of thioether (sulfide) groups is 1. The van der Waals surface area contributed by atoms with Crippen LogP contribution in [0.15, 0.2) is 82.0 Å². The number of rotatable bonds is 9. The highest BCUT2D eigenvalue weighted by molar-refractivity contribution is 8.16. The zero-order chi connectivity index (χ0) is 30.5. The minimum atomic E-state index is -0.500. The number of ether oxygens (including phenoxy) is 2. The number of aliphatic imine (C=N–C) groups is 1. The van der Waals surface area contributed by atoms with E-state index in [1.54, 1.807) is 11.8 Å². The fourth-order valence-corrected chi connectivity index (χ4v) is 6.70. The SMILES string of the molecule is CCOC(=O)[C@H]1CCCN(C(=O)CC2=CSC3=NC(C)=C(C(=O)OCc4ccccc4)[C@H](c4ccc(C(C)C)cc4)N23)C1. The van der Waals surface area contributed by atoms with Gasteiger partial charge in [-0.15, -0.1) is 0 Å². The predicted octanol–water partition coefficient (Wildman–Crippen LogP) is 6.32. The van der Waals surface area contributed by atoms with E-state index in [-0.39, 0.29) is 30.8 Å². The first-order valence-electron chi connectivity index (χ1n) is 15.0. The van der Waals surface area contributed by atoms with E-state index in [1.807, 2.05) is 47.6 Å². The standard InChI is InChI=1S/C34H39N3O5S/c1-5-41-32(39)27-12-9-17-36(19-27)29(38)18-28-21-43-34-35-23(4)30(33(40)42-20-24-10-7-6-8-11-24)31(37(28)34)26-15-13-25(14-16-26)22(2)3/h6-8,10-11,13-16,21-22,27,31H,5,9,12,17-20H2,1-4H3/t27-,31-/m0/s1. The zero-order valence-corrected chi connectivity index (χ0v) is 26.1. The van der Waals surface area contributed by atoms with Crippen molar-refractivity contribution in [2.45, 2.75) is 65.5 Å². The first-order chi connectivity index (χ1) is 20.8. The first-order valence-corrected chi connectivity index (χ1v) is 15.8. The highest BCUT2D eigenvalue weighted by atomic mass is 32.2. The summed E-state index contributed by atoms with van der Waals surface area (Å²) in [4.78, 5) is 48.3. The molecule has 2 aromatic carbocycles. The van der Waals surface area contributed by atoms with Crippen molar-refractivity contribution in [1.82, 2.24) is 9.80 Å². The van der Waals surface area contributed by atoms with Crippen molar-refractivity contribution in [1.29, 1.82) is 0 Å². The summed E-state index contributed by atoms with van der Waals surface area (Å²) in [6, 6.07) is 17.4. The molecule has 2 aromatic rings. The molecule has 1 amide bonds. The molecule has 0 aromatic heterocycles. The van der Waals surface area contributed by atoms with Crippen LogP contribution in [0.3, 0.4) is 0 Å². The van der Waals surface area contributed by atoms with E-state index >= 15 is 0 Å². The fourth-order valence-electron chi connectivity index (χ4n) is 5.73. The van der Waals surface area contributed by atoms with E-state index in [4.69, 9.17) is 14.5 Å². The molecule has 0 spiro atoms. The van der Waals surface area contributed by atoms with Crippen LogP contribution in [0.1, 0.15) is 75.6 Å². The molecule has 1 fully saturated rings. The molecule has 0 bridgehead atoms. The van der Waals surface area contributed by atoms with Crippen molar-refractivity contribution in [3.63, 3.8) is 0 Å². The lowest BCUT2D eigenvalue weighted by Gasteiger charge is -2.37. The Kier molecular flexibility index (Phi) is 9.70. The van der Waals surface area contributed by atoms with Crippen molar-refractivity contribution < 1.29 is 23.9 Å². The number of carbonyl (C=O) groups is 3. The monoisotopic (exact) mass is 601 g/mol. The molecule has 3 heterocycles. The van der Waals surface area contributed by atoms with Gasteiger partial charge in [-0.3, -0.25) is 9.59 Å². The predicted molar refractivity (Wildman–Crippen MR) is 168 cm³/mol. The summed E-state index contributed by atoms with van der Waals surface area (Å²) in [7, 11) is 0. The summed E-state index contributed by atoms with van der Waals surface area (Å²) in [5, 5.41) is 2.67. The maximum absolute atomic E-state index is 13.7. The third-order valence-electron chi connectivity index (χ3n) is 8.08. The topological polar surface area (TPSA) is 88.5 Å². The minimum absolute atomic E-state index is 0.0597. The second-order valence-corrected chi connectivity index (χ2v) is 12.2. The van der Waals surface area contributed by atoms with Crippen LogP contribution in [0.2, 0.25) is 0 Å². The molecule has 0 radical (unpaired) electrons. The van der Waals surface area contributed by atoms with E-state index in [1.165, 1.54) is 17.3 Å². The van der Waals surface area contributed by atoms with Crippen LogP contribution in [0.5, 0.6) is 0 Å². The van der Waals surface area contributed by atoms with Crippen LogP contribution in [0, 0.1) is 5.92 Å². The molecule has 0 N–H and O–H groups in total. The Hall–Kier alpha value is -3.85. The lowest BCUT2D eigenvalue weighted by atomic mass is 9.91. The number of amidine groups is 1. The van der Waals surface area contributed by atoms with E-state index in [9.17, 15) is 14.4 Å². The van der Waals surface area contributed by atoms with Crippen LogP contribution in [-0.4, -0.2) is 52.5 Å². The normalized spacial score (nSPS) is 20.0. The van der Waals surface area contributed by atoms with E-state index in [0.29, 0.717) is 36.9 Å². The second-order valence-electron chi connectivity index (χ2n) is 11.4. The molecular formula is C34H39N3O5S. The summed E-state index contributed by atoms with van der Waals surface area (Å²) < 4.78 is 11.1. The third kappa shape index (κ3) is 6.88. The third-order valence-corrected chi connectivity index (χ3v) is 8.97. The molecule has 8 nitrogen and oxygen atoms in total. The molecule has 3 aliphatic rings. The quantitative estimate of drug-likeness (QED) is 0.311. The minimum Gasteiger partial charge on any atom is -0.466 e. The highest BCUT2D eigenvalue weighted by Gasteiger charge is 2.42.